The summed E-state index contributed by atoms with van der Waals surface area (Å²) < 4.78 is 43.4. The molecule has 26 heavy (non-hydrogen) atoms. The number of hydrogen-bond donors (Lipinski definition) is 2. The van der Waals surface area contributed by atoms with E-state index in [-0.39, 0.29) is 10.8 Å². The van der Waals surface area contributed by atoms with Crippen molar-refractivity contribution in [3.05, 3.63) is 35.8 Å². The summed E-state index contributed by atoms with van der Waals surface area (Å²) in [5.74, 6) is 1.05. The first-order chi connectivity index (χ1) is 12.4. The number of aromatic amines is 1. The highest BCUT2D eigenvalue weighted by Crippen LogP contribution is 2.36. The fourth-order valence-electron chi connectivity index (χ4n) is 2.63. The van der Waals surface area contributed by atoms with Crippen molar-refractivity contribution < 1.29 is 22.4 Å². The zero-order chi connectivity index (χ0) is 18.9. The van der Waals surface area contributed by atoms with Gasteiger partial charge in [-0.05, 0) is 31.5 Å². The van der Waals surface area contributed by atoms with Crippen molar-refractivity contribution in [2.24, 2.45) is 0 Å². The number of nitrogens with one attached hydrogen (secondary N) is 2. The number of ether oxygens (including phenoxy) is 2. The van der Waals surface area contributed by atoms with E-state index in [0.717, 1.165) is 0 Å². The lowest BCUT2D eigenvalue weighted by atomic mass is 10.1. The second-order valence-corrected chi connectivity index (χ2v) is 7.13. The van der Waals surface area contributed by atoms with Gasteiger partial charge in [-0.3, -0.25) is 5.10 Å². The van der Waals surface area contributed by atoms with Gasteiger partial charge in [-0.2, -0.15) is 5.10 Å². The number of sulfonamides is 1. The van der Waals surface area contributed by atoms with Gasteiger partial charge in [0.15, 0.2) is 11.5 Å². The molecule has 0 aliphatic rings. The minimum atomic E-state index is -3.89. The van der Waals surface area contributed by atoms with Crippen LogP contribution in [0.4, 0.5) is 5.88 Å². The van der Waals surface area contributed by atoms with Crippen LogP contribution in [0.25, 0.3) is 11.1 Å². The Kier molecular flexibility index (Phi) is 4.60. The quantitative estimate of drug-likeness (QED) is 0.676. The molecule has 2 N–H and O–H groups in total. The molecule has 0 aliphatic heterocycles. The summed E-state index contributed by atoms with van der Waals surface area (Å²) in [5, 5.41) is 10.3. The minimum Gasteiger partial charge on any atom is -0.493 e. The minimum absolute atomic E-state index is 0.00257. The molecule has 0 radical (unpaired) electrons. The third kappa shape index (κ3) is 3.10. The predicted octanol–water partition coefficient (Wildman–Crippen LogP) is 2.50. The van der Waals surface area contributed by atoms with Crippen LogP contribution in [-0.4, -0.2) is 38.0 Å². The van der Waals surface area contributed by atoms with Crippen molar-refractivity contribution in [2.75, 3.05) is 18.9 Å². The monoisotopic (exact) mass is 378 g/mol. The SMILES string of the molecule is COc1ccc(-c2cnoc2NS(=O)(=O)c2c(C)n[nH]c2C)cc1OC. The first-order valence-electron chi connectivity index (χ1n) is 7.59. The molecular weight excluding hydrogens is 360 g/mol. The first-order valence-corrected chi connectivity index (χ1v) is 9.07. The molecule has 0 aliphatic carbocycles. The van der Waals surface area contributed by atoms with Gasteiger partial charge in [0, 0.05) is 0 Å². The lowest BCUT2D eigenvalue weighted by Crippen LogP contribution is -2.14. The topological polar surface area (TPSA) is 119 Å². The van der Waals surface area contributed by atoms with Gasteiger partial charge in [0.05, 0.1) is 37.4 Å². The molecule has 9 nitrogen and oxygen atoms in total. The van der Waals surface area contributed by atoms with E-state index in [0.29, 0.717) is 34.0 Å². The maximum atomic E-state index is 12.7. The molecular formula is C16H18N4O5S. The Bertz CT molecular complexity index is 1020. The molecule has 3 aromatic rings. The van der Waals surface area contributed by atoms with E-state index in [1.807, 2.05) is 0 Å². The largest absolute Gasteiger partial charge is 0.493 e. The molecule has 0 amide bonds. The van der Waals surface area contributed by atoms with Crippen LogP contribution in [-0.2, 0) is 10.0 Å². The van der Waals surface area contributed by atoms with Crippen molar-refractivity contribution in [2.45, 2.75) is 18.7 Å². The van der Waals surface area contributed by atoms with Crippen LogP contribution in [0.1, 0.15) is 11.4 Å². The van der Waals surface area contributed by atoms with E-state index < -0.39 is 10.0 Å². The fraction of sp³-hybridized carbons (Fsp3) is 0.250. The molecule has 0 fully saturated rings. The molecule has 2 heterocycles. The van der Waals surface area contributed by atoms with Crippen molar-refractivity contribution >= 4 is 15.9 Å². The lowest BCUT2D eigenvalue weighted by molar-refractivity contribution is 0.355. The zero-order valence-corrected chi connectivity index (χ0v) is 15.5. The smallest absolute Gasteiger partial charge is 0.267 e. The molecule has 10 heteroatoms. The van der Waals surface area contributed by atoms with Gasteiger partial charge in [-0.15, -0.1) is 0 Å². The molecule has 0 spiro atoms. The predicted molar refractivity (Wildman–Crippen MR) is 93.9 cm³/mol. The van der Waals surface area contributed by atoms with Gasteiger partial charge in [0.25, 0.3) is 10.0 Å². The number of nitrogens with zero attached hydrogens (tertiary/aromatic N) is 2. The molecule has 138 valence electrons. The van der Waals surface area contributed by atoms with E-state index >= 15 is 0 Å². The average molecular weight is 378 g/mol. The number of rotatable bonds is 6. The molecule has 0 saturated heterocycles. The number of benzene rings is 1. The summed E-state index contributed by atoms with van der Waals surface area (Å²) >= 11 is 0. The lowest BCUT2D eigenvalue weighted by Gasteiger charge is -2.10. The maximum Gasteiger partial charge on any atom is 0.267 e. The number of methoxy groups -OCH3 is 2. The second-order valence-electron chi connectivity index (χ2n) is 5.51. The Labute approximate surface area is 150 Å². The van der Waals surface area contributed by atoms with Crippen molar-refractivity contribution in [3.8, 4) is 22.6 Å². The summed E-state index contributed by atoms with van der Waals surface area (Å²) in [7, 11) is -0.843. The van der Waals surface area contributed by atoms with Crippen molar-refractivity contribution in [3.63, 3.8) is 0 Å². The zero-order valence-electron chi connectivity index (χ0n) is 14.7. The molecule has 0 saturated carbocycles. The molecule has 1 aromatic carbocycles. The number of H-pyrrole nitrogens is 1. The number of aryl methyl sites for hydroxylation is 2. The Morgan fingerprint density at radius 1 is 1.15 bits per heavy atom. The number of aromatic nitrogens is 3. The molecule has 0 atom stereocenters. The van der Waals surface area contributed by atoms with Crippen LogP contribution >= 0.6 is 0 Å². The van der Waals surface area contributed by atoms with Crippen molar-refractivity contribution in [1.82, 2.24) is 15.4 Å². The Morgan fingerprint density at radius 3 is 2.50 bits per heavy atom. The third-order valence-corrected chi connectivity index (χ3v) is 5.41. The molecule has 0 unspecified atom stereocenters. The number of hydrogen-bond acceptors (Lipinski definition) is 7. The third-order valence-electron chi connectivity index (χ3n) is 3.82. The summed E-state index contributed by atoms with van der Waals surface area (Å²) in [6, 6.07) is 5.17. The Balaban J connectivity index is 2.00. The maximum absolute atomic E-state index is 12.7. The molecule has 0 bridgehead atoms. The van der Waals surface area contributed by atoms with Crippen LogP contribution in [0.5, 0.6) is 11.5 Å². The van der Waals surface area contributed by atoms with E-state index in [1.54, 1.807) is 32.0 Å². The summed E-state index contributed by atoms with van der Waals surface area (Å²) in [6.45, 7) is 3.23. The first kappa shape index (κ1) is 17.8. The highest BCUT2D eigenvalue weighted by atomic mass is 32.2. The summed E-state index contributed by atoms with van der Waals surface area (Å²) in [5.41, 5.74) is 1.92. The van der Waals surface area contributed by atoms with Gasteiger partial charge in [0.1, 0.15) is 4.90 Å². The van der Waals surface area contributed by atoms with Gasteiger partial charge in [-0.25, -0.2) is 13.1 Å². The van der Waals surface area contributed by atoms with Crippen LogP contribution in [0, 0.1) is 13.8 Å². The van der Waals surface area contributed by atoms with Gasteiger partial charge in [-0.1, -0.05) is 11.2 Å². The van der Waals surface area contributed by atoms with E-state index in [9.17, 15) is 8.42 Å². The molecule has 3 rings (SSSR count). The highest BCUT2D eigenvalue weighted by molar-refractivity contribution is 7.92. The summed E-state index contributed by atoms with van der Waals surface area (Å²) in [4.78, 5) is 0.0761. The van der Waals surface area contributed by atoms with Gasteiger partial charge in [0.2, 0.25) is 5.88 Å². The Morgan fingerprint density at radius 2 is 1.88 bits per heavy atom. The van der Waals surface area contributed by atoms with Crippen molar-refractivity contribution in [1.29, 1.82) is 0 Å². The van der Waals surface area contributed by atoms with Crippen LogP contribution < -0.4 is 14.2 Å². The normalized spacial score (nSPS) is 11.4. The van der Waals surface area contributed by atoms with Crippen LogP contribution in [0.2, 0.25) is 0 Å². The van der Waals surface area contributed by atoms with E-state index in [1.165, 1.54) is 20.4 Å². The van der Waals surface area contributed by atoms with Crippen LogP contribution in [0.15, 0.2) is 33.8 Å². The van der Waals surface area contributed by atoms with E-state index in [2.05, 4.69) is 20.1 Å². The Hall–Kier alpha value is -3.01. The standard InChI is InChI=1S/C16H18N4O5S/c1-9-15(10(2)19-18-9)26(21,22)20-16-12(8-17-25-16)11-5-6-13(23-3)14(7-11)24-4/h5-8,20H,1-4H3,(H,18,19). The van der Waals surface area contributed by atoms with Crippen LogP contribution in [0.3, 0.4) is 0 Å². The van der Waals surface area contributed by atoms with E-state index in [4.69, 9.17) is 14.0 Å². The fourth-order valence-corrected chi connectivity index (χ4v) is 4.01. The van der Waals surface area contributed by atoms with Gasteiger partial charge >= 0.3 is 0 Å². The molecule has 2 aromatic heterocycles. The second kappa shape index (κ2) is 6.71. The highest BCUT2D eigenvalue weighted by Gasteiger charge is 2.25. The number of anilines is 1. The van der Waals surface area contributed by atoms with Gasteiger partial charge < -0.3 is 14.0 Å². The summed E-state index contributed by atoms with van der Waals surface area (Å²) in [6.07, 6.45) is 1.42. The average Bonchev–Trinajstić information content (AvgIpc) is 3.20.